The Kier molecular flexibility index (Phi) is 4.29. The molecule has 0 bridgehead atoms. The maximum absolute atomic E-state index is 5.29. The normalized spacial score (nSPS) is 10.9. The fraction of sp³-hybridized carbons (Fsp3) is 0.750. The van der Waals surface area contributed by atoms with E-state index in [2.05, 4.69) is 42.4 Å². The second-order valence-corrected chi connectivity index (χ2v) is 3.90. The highest BCUT2D eigenvalue weighted by Crippen LogP contribution is 2.20. The third kappa shape index (κ3) is 4.77. The van der Waals surface area contributed by atoms with Crippen LogP contribution in [-0.4, -0.2) is 4.43 Å². The first-order valence-electron chi connectivity index (χ1n) is 3.16. The molecule has 0 atom stereocenters. The molecular formula is C8H13I. The van der Waals surface area contributed by atoms with Crippen LogP contribution in [0.3, 0.4) is 0 Å². The van der Waals surface area contributed by atoms with Gasteiger partial charge in [-0.1, -0.05) is 22.6 Å². The predicted octanol–water partition coefficient (Wildman–Crippen LogP) is 2.86. The fourth-order valence-electron chi connectivity index (χ4n) is 0.581. The van der Waals surface area contributed by atoms with Gasteiger partial charge in [0.2, 0.25) is 0 Å². The Labute approximate surface area is 71.6 Å². The quantitative estimate of drug-likeness (QED) is 0.401. The van der Waals surface area contributed by atoms with Gasteiger partial charge in [-0.25, -0.2) is 0 Å². The Morgan fingerprint density at radius 3 is 2.44 bits per heavy atom. The van der Waals surface area contributed by atoms with Crippen LogP contribution in [0.15, 0.2) is 0 Å². The molecule has 0 unspecified atom stereocenters. The highest BCUT2D eigenvalue weighted by Gasteiger charge is 2.11. The zero-order valence-electron chi connectivity index (χ0n) is 6.08. The minimum Gasteiger partial charge on any atom is -0.120 e. The smallest absolute Gasteiger partial charge is 0.0256 e. The molecule has 0 saturated heterocycles. The fourth-order valence-corrected chi connectivity index (χ4v) is 0.962. The van der Waals surface area contributed by atoms with Gasteiger partial charge in [-0.2, -0.15) is 0 Å². The number of terminal acetylenes is 1. The molecule has 0 aromatic rings. The Morgan fingerprint density at radius 2 is 2.11 bits per heavy atom. The lowest BCUT2D eigenvalue weighted by atomic mass is 9.89. The van der Waals surface area contributed by atoms with Crippen LogP contribution in [-0.2, 0) is 0 Å². The van der Waals surface area contributed by atoms with Crippen LogP contribution in [0.4, 0.5) is 0 Å². The van der Waals surface area contributed by atoms with Crippen molar-refractivity contribution in [1.29, 1.82) is 0 Å². The molecule has 9 heavy (non-hydrogen) atoms. The third-order valence-electron chi connectivity index (χ3n) is 1.33. The first kappa shape index (κ1) is 9.29. The average molecular weight is 236 g/mol. The van der Waals surface area contributed by atoms with Crippen LogP contribution in [0.25, 0.3) is 0 Å². The van der Waals surface area contributed by atoms with Crippen molar-refractivity contribution in [2.45, 2.75) is 26.7 Å². The Hall–Kier alpha value is 0.290. The van der Waals surface area contributed by atoms with Gasteiger partial charge < -0.3 is 0 Å². The molecule has 0 amide bonds. The summed E-state index contributed by atoms with van der Waals surface area (Å²) >= 11 is 2.38. The minimum atomic E-state index is 0.116. The van der Waals surface area contributed by atoms with Crippen molar-refractivity contribution in [3.05, 3.63) is 0 Å². The summed E-state index contributed by atoms with van der Waals surface area (Å²) in [6.07, 6.45) is 7.67. The molecule has 0 aliphatic heterocycles. The molecule has 0 radical (unpaired) electrons. The van der Waals surface area contributed by atoms with Gasteiger partial charge in [-0.3, -0.25) is 0 Å². The summed E-state index contributed by atoms with van der Waals surface area (Å²) in [7, 11) is 0. The van der Waals surface area contributed by atoms with E-state index in [4.69, 9.17) is 6.42 Å². The van der Waals surface area contributed by atoms with E-state index in [-0.39, 0.29) is 5.41 Å². The topological polar surface area (TPSA) is 0 Å². The number of rotatable bonds is 3. The lowest BCUT2D eigenvalue weighted by molar-refractivity contribution is 0.456. The molecule has 0 fully saturated rings. The van der Waals surface area contributed by atoms with Crippen molar-refractivity contribution >= 4 is 22.6 Å². The molecule has 0 saturated carbocycles. The Bertz CT molecular complexity index is 108. The van der Waals surface area contributed by atoms with Crippen LogP contribution in [0, 0.1) is 17.8 Å². The lowest BCUT2D eigenvalue weighted by Crippen LogP contribution is -2.07. The van der Waals surface area contributed by atoms with Gasteiger partial charge >= 0.3 is 0 Å². The summed E-state index contributed by atoms with van der Waals surface area (Å²) in [4.78, 5) is 0. The van der Waals surface area contributed by atoms with Gasteiger partial charge in [0.05, 0.1) is 0 Å². The van der Waals surface area contributed by atoms with Crippen molar-refractivity contribution < 1.29 is 0 Å². The van der Waals surface area contributed by atoms with Gasteiger partial charge in [0.25, 0.3) is 0 Å². The van der Waals surface area contributed by atoms with E-state index in [0.29, 0.717) is 0 Å². The molecule has 1 heteroatoms. The van der Waals surface area contributed by atoms with Crippen LogP contribution in [0.5, 0.6) is 0 Å². The largest absolute Gasteiger partial charge is 0.120 e. The van der Waals surface area contributed by atoms with Crippen LogP contribution < -0.4 is 0 Å². The van der Waals surface area contributed by atoms with Gasteiger partial charge in [0.15, 0.2) is 0 Å². The monoisotopic (exact) mass is 236 g/mol. The van der Waals surface area contributed by atoms with Gasteiger partial charge in [0, 0.05) is 5.41 Å². The van der Waals surface area contributed by atoms with Crippen LogP contribution in [0.2, 0.25) is 0 Å². The summed E-state index contributed by atoms with van der Waals surface area (Å²) in [5.41, 5.74) is 0.116. The number of hydrogen-bond donors (Lipinski definition) is 0. The maximum atomic E-state index is 5.29. The summed E-state index contributed by atoms with van der Waals surface area (Å²) < 4.78 is 1.21. The zero-order chi connectivity index (χ0) is 7.33. The molecule has 0 heterocycles. The van der Waals surface area contributed by atoms with Crippen LogP contribution >= 0.6 is 22.6 Å². The second kappa shape index (κ2) is 4.16. The van der Waals surface area contributed by atoms with Gasteiger partial charge in [-0.15, -0.1) is 12.3 Å². The van der Waals surface area contributed by atoms with E-state index >= 15 is 0 Å². The molecule has 0 aromatic carbocycles. The maximum Gasteiger partial charge on any atom is 0.0256 e. The molecule has 0 aliphatic rings. The molecule has 0 nitrogen and oxygen atoms in total. The summed E-state index contributed by atoms with van der Waals surface area (Å²) in [6.45, 7) is 4.22. The molecular weight excluding hydrogens is 223 g/mol. The van der Waals surface area contributed by atoms with Crippen molar-refractivity contribution in [2.24, 2.45) is 5.41 Å². The summed E-state index contributed by atoms with van der Waals surface area (Å²) in [5, 5.41) is 0. The summed E-state index contributed by atoms with van der Waals surface area (Å²) in [6, 6.07) is 0. The number of halogens is 1. The molecule has 0 rings (SSSR count). The van der Waals surface area contributed by atoms with Crippen molar-refractivity contribution in [1.82, 2.24) is 0 Å². The lowest BCUT2D eigenvalue weighted by Gasteiger charge is -2.15. The molecule has 0 N–H and O–H groups in total. The van der Waals surface area contributed by atoms with E-state index in [0.717, 1.165) is 6.42 Å². The SMILES string of the molecule is C#CC(C)(C)CCCI. The molecule has 0 aliphatic carbocycles. The highest BCUT2D eigenvalue weighted by atomic mass is 127. The third-order valence-corrected chi connectivity index (χ3v) is 2.09. The Morgan fingerprint density at radius 1 is 1.56 bits per heavy atom. The summed E-state index contributed by atoms with van der Waals surface area (Å²) in [5.74, 6) is 2.77. The second-order valence-electron chi connectivity index (χ2n) is 2.82. The average Bonchev–Trinajstić information content (AvgIpc) is 1.84. The van der Waals surface area contributed by atoms with E-state index in [1.807, 2.05) is 0 Å². The van der Waals surface area contributed by atoms with Crippen molar-refractivity contribution in [3.8, 4) is 12.3 Å². The van der Waals surface area contributed by atoms with Crippen molar-refractivity contribution in [3.63, 3.8) is 0 Å². The van der Waals surface area contributed by atoms with E-state index < -0.39 is 0 Å². The van der Waals surface area contributed by atoms with Crippen molar-refractivity contribution in [2.75, 3.05) is 4.43 Å². The standard InChI is InChI=1S/C8H13I/c1-4-8(2,3)6-5-7-9/h1H,5-7H2,2-3H3. The molecule has 0 spiro atoms. The predicted molar refractivity (Wildman–Crippen MR) is 50.7 cm³/mol. The van der Waals surface area contributed by atoms with E-state index in [1.165, 1.54) is 10.8 Å². The molecule has 0 aromatic heterocycles. The van der Waals surface area contributed by atoms with Gasteiger partial charge in [-0.05, 0) is 31.1 Å². The minimum absolute atomic E-state index is 0.116. The molecule has 52 valence electrons. The van der Waals surface area contributed by atoms with Gasteiger partial charge in [0.1, 0.15) is 0 Å². The van der Waals surface area contributed by atoms with E-state index in [1.54, 1.807) is 0 Å². The number of alkyl halides is 1. The first-order valence-corrected chi connectivity index (χ1v) is 4.69. The first-order chi connectivity index (χ1) is 4.12. The highest BCUT2D eigenvalue weighted by molar-refractivity contribution is 14.1. The Balaban J connectivity index is 3.49. The number of hydrogen-bond acceptors (Lipinski definition) is 0. The van der Waals surface area contributed by atoms with E-state index in [9.17, 15) is 0 Å². The zero-order valence-corrected chi connectivity index (χ0v) is 8.23. The van der Waals surface area contributed by atoms with Crippen LogP contribution in [0.1, 0.15) is 26.7 Å².